The van der Waals surface area contributed by atoms with Crippen LogP contribution in [0.5, 0.6) is 0 Å². The lowest BCUT2D eigenvalue weighted by Gasteiger charge is -2.30. The smallest absolute Gasteiger partial charge is 0.326 e. The van der Waals surface area contributed by atoms with E-state index < -0.39 is 12.0 Å². The van der Waals surface area contributed by atoms with Gasteiger partial charge in [0.25, 0.3) is 0 Å². The summed E-state index contributed by atoms with van der Waals surface area (Å²) in [6.07, 6.45) is 0.863. The Hall–Kier alpha value is -2.43. The summed E-state index contributed by atoms with van der Waals surface area (Å²) in [7, 11) is 0. The van der Waals surface area contributed by atoms with Crippen molar-refractivity contribution in [3.63, 3.8) is 0 Å². The zero-order valence-corrected chi connectivity index (χ0v) is 14.3. The monoisotopic (exact) mass is 329 g/mol. The number of hydrogen-bond acceptors (Lipinski definition) is 4. The van der Waals surface area contributed by atoms with E-state index in [0.29, 0.717) is 18.5 Å². The Balaban J connectivity index is 2.21. The molecule has 1 aromatic rings. The second kappa shape index (κ2) is 6.99. The molecule has 24 heavy (non-hydrogen) atoms. The van der Waals surface area contributed by atoms with Gasteiger partial charge in [-0.2, -0.15) is 0 Å². The lowest BCUT2D eigenvalue weighted by Crippen LogP contribution is -2.40. The normalized spacial score (nSPS) is 18.2. The van der Waals surface area contributed by atoms with Gasteiger partial charge in [-0.1, -0.05) is 44.2 Å². The molecule has 1 aliphatic rings. The molecule has 0 aromatic heterocycles. The van der Waals surface area contributed by atoms with Crippen molar-refractivity contribution in [3.8, 4) is 0 Å². The van der Waals surface area contributed by atoms with Crippen LogP contribution >= 0.6 is 0 Å². The number of Topliss-reactive ketones (excluding diaryl/α,β-unsaturated/α-hetero) is 2. The van der Waals surface area contributed by atoms with Gasteiger partial charge < -0.3 is 10.4 Å². The number of benzene rings is 1. The summed E-state index contributed by atoms with van der Waals surface area (Å²) in [5, 5.41) is 12.3. The first-order chi connectivity index (χ1) is 11.2. The molecule has 0 amide bonds. The van der Waals surface area contributed by atoms with Crippen LogP contribution in [0.25, 0.3) is 0 Å². The van der Waals surface area contributed by atoms with Crippen LogP contribution in [0.2, 0.25) is 0 Å². The first-order valence-electron chi connectivity index (χ1n) is 8.00. The number of rotatable bonds is 5. The summed E-state index contributed by atoms with van der Waals surface area (Å²) in [6, 6.07) is 8.35. The standard InChI is InChI=1S/C19H23NO4/c1-12(17-15(21)10-19(2,3)11-16(17)22)20-14(18(23)24)9-13-7-5-4-6-8-13/h4-8,14,20H,9-11H2,1-3H3,(H,23,24)/t14-/m0/s1. The molecule has 1 atom stereocenters. The number of carboxylic acid groups (broad SMARTS) is 1. The van der Waals surface area contributed by atoms with Gasteiger partial charge in [0, 0.05) is 25.0 Å². The highest BCUT2D eigenvalue weighted by molar-refractivity contribution is 6.22. The lowest BCUT2D eigenvalue weighted by molar-refractivity contribution is -0.139. The number of aliphatic carboxylic acids is 1. The van der Waals surface area contributed by atoms with Crippen LogP contribution in [0.4, 0.5) is 0 Å². The molecule has 128 valence electrons. The molecule has 1 aliphatic carbocycles. The Morgan fingerprint density at radius 1 is 1.17 bits per heavy atom. The molecule has 1 aromatic carbocycles. The third-order valence-electron chi connectivity index (χ3n) is 4.18. The van der Waals surface area contributed by atoms with Crippen molar-refractivity contribution in [2.24, 2.45) is 5.41 Å². The molecule has 2 rings (SSSR count). The maximum atomic E-state index is 12.3. The van der Waals surface area contributed by atoms with Crippen molar-refractivity contribution < 1.29 is 19.5 Å². The number of carboxylic acids is 1. The van der Waals surface area contributed by atoms with Gasteiger partial charge in [-0.3, -0.25) is 9.59 Å². The van der Waals surface area contributed by atoms with E-state index in [2.05, 4.69) is 5.32 Å². The Labute approximate surface area is 141 Å². The van der Waals surface area contributed by atoms with E-state index in [-0.39, 0.29) is 29.0 Å². The molecular formula is C19H23NO4. The van der Waals surface area contributed by atoms with Gasteiger partial charge in [0.1, 0.15) is 6.04 Å². The fourth-order valence-electron chi connectivity index (χ4n) is 3.07. The molecular weight excluding hydrogens is 306 g/mol. The van der Waals surface area contributed by atoms with E-state index in [9.17, 15) is 19.5 Å². The molecule has 5 nitrogen and oxygen atoms in total. The van der Waals surface area contributed by atoms with Gasteiger partial charge in [-0.25, -0.2) is 4.79 Å². The van der Waals surface area contributed by atoms with Crippen molar-refractivity contribution in [2.45, 2.75) is 46.1 Å². The van der Waals surface area contributed by atoms with Crippen LogP contribution in [0.1, 0.15) is 39.2 Å². The maximum absolute atomic E-state index is 12.3. The summed E-state index contributed by atoms with van der Waals surface area (Å²) in [5.74, 6) is -1.45. The average molecular weight is 329 g/mol. The van der Waals surface area contributed by atoms with Crippen molar-refractivity contribution >= 4 is 17.5 Å². The second-order valence-corrected chi connectivity index (χ2v) is 7.09. The van der Waals surface area contributed by atoms with Gasteiger partial charge in [0.05, 0.1) is 5.57 Å². The Kier molecular flexibility index (Phi) is 5.22. The molecule has 0 bridgehead atoms. The van der Waals surface area contributed by atoms with Gasteiger partial charge in [0.2, 0.25) is 0 Å². The van der Waals surface area contributed by atoms with Gasteiger partial charge in [-0.15, -0.1) is 0 Å². The minimum Gasteiger partial charge on any atom is -0.480 e. The highest BCUT2D eigenvalue weighted by atomic mass is 16.4. The summed E-state index contributed by atoms with van der Waals surface area (Å²) in [4.78, 5) is 36.1. The van der Waals surface area contributed by atoms with E-state index in [1.807, 2.05) is 44.2 Å². The molecule has 0 heterocycles. The number of hydrogen-bond donors (Lipinski definition) is 2. The van der Waals surface area contributed by atoms with Crippen molar-refractivity contribution in [1.29, 1.82) is 0 Å². The van der Waals surface area contributed by atoms with E-state index in [1.165, 1.54) is 0 Å². The number of carbonyl (C=O) groups is 3. The number of carbonyl (C=O) groups excluding carboxylic acids is 2. The largest absolute Gasteiger partial charge is 0.480 e. The molecule has 0 saturated heterocycles. The zero-order valence-electron chi connectivity index (χ0n) is 14.3. The number of ketones is 2. The zero-order chi connectivity index (χ0) is 17.9. The van der Waals surface area contributed by atoms with Crippen molar-refractivity contribution in [1.82, 2.24) is 5.32 Å². The lowest BCUT2D eigenvalue weighted by atomic mass is 9.73. The van der Waals surface area contributed by atoms with Crippen molar-refractivity contribution in [2.75, 3.05) is 0 Å². The van der Waals surface area contributed by atoms with Gasteiger partial charge in [-0.05, 0) is 17.9 Å². The fourth-order valence-corrected chi connectivity index (χ4v) is 3.07. The molecule has 5 heteroatoms. The summed E-state index contributed by atoms with van der Waals surface area (Å²) in [6.45, 7) is 5.37. The fraction of sp³-hybridized carbons (Fsp3) is 0.421. The van der Waals surface area contributed by atoms with Crippen molar-refractivity contribution in [3.05, 3.63) is 47.2 Å². The minimum atomic E-state index is -1.02. The van der Waals surface area contributed by atoms with Crippen LogP contribution in [0.3, 0.4) is 0 Å². The second-order valence-electron chi connectivity index (χ2n) is 7.09. The minimum absolute atomic E-state index is 0.119. The molecule has 0 aliphatic heterocycles. The van der Waals surface area contributed by atoms with Gasteiger partial charge >= 0.3 is 5.97 Å². The molecule has 0 radical (unpaired) electrons. The first-order valence-corrected chi connectivity index (χ1v) is 8.00. The Morgan fingerprint density at radius 2 is 1.71 bits per heavy atom. The van der Waals surface area contributed by atoms with Gasteiger partial charge in [0.15, 0.2) is 11.6 Å². The highest BCUT2D eigenvalue weighted by Gasteiger charge is 2.37. The SMILES string of the molecule is CC(N[C@@H](Cc1ccccc1)C(=O)O)=C1C(=O)CC(C)(C)CC1=O. The summed E-state index contributed by atoms with van der Waals surface area (Å²) in [5.41, 5.74) is 1.00. The van der Waals surface area contributed by atoms with E-state index in [1.54, 1.807) is 6.92 Å². The van der Waals surface area contributed by atoms with Crippen LogP contribution < -0.4 is 5.32 Å². The summed E-state index contributed by atoms with van der Waals surface area (Å²) < 4.78 is 0. The quantitative estimate of drug-likeness (QED) is 0.640. The number of allylic oxidation sites excluding steroid dienone is 2. The third kappa shape index (κ3) is 4.31. The first kappa shape index (κ1) is 17.9. The van der Waals surface area contributed by atoms with E-state index in [0.717, 1.165) is 5.56 Å². The predicted molar refractivity (Wildman–Crippen MR) is 90.4 cm³/mol. The van der Waals surface area contributed by atoms with Crippen LogP contribution in [0.15, 0.2) is 41.6 Å². The third-order valence-corrected chi connectivity index (χ3v) is 4.18. The molecule has 0 spiro atoms. The molecule has 0 unspecified atom stereocenters. The van der Waals surface area contributed by atoms with E-state index in [4.69, 9.17) is 0 Å². The molecule has 1 fully saturated rings. The Morgan fingerprint density at radius 3 is 2.21 bits per heavy atom. The summed E-state index contributed by atoms with van der Waals surface area (Å²) >= 11 is 0. The Bertz CT molecular complexity index is 667. The van der Waals surface area contributed by atoms with Crippen LogP contribution in [-0.2, 0) is 20.8 Å². The predicted octanol–water partition coefficient (Wildman–Crippen LogP) is 2.50. The maximum Gasteiger partial charge on any atom is 0.326 e. The molecule has 1 saturated carbocycles. The van der Waals surface area contributed by atoms with Crippen LogP contribution in [0, 0.1) is 5.41 Å². The highest BCUT2D eigenvalue weighted by Crippen LogP contribution is 2.34. The average Bonchev–Trinajstić information content (AvgIpc) is 2.45. The number of nitrogens with one attached hydrogen (secondary N) is 1. The molecule has 2 N–H and O–H groups in total. The van der Waals surface area contributed by atoms with E-state index >= 15 is 0 Å². The van der Waals surface area contributed by atoms with Crippen LogP contribution in [-0.4, -0.2) is 28.7 Å². The topological polar surface area (TPSA) is 83.5 Å².